The highest BCUT2D eigenvalue weighted by molar-refractivity contribution is 6.30. The standard InChI is InChI=1S/C17H14ClFN6O4/c1-8(10-4-3-5-20-14(10)18)29-17(28)22-15-13(23-24-25(15)2)12-11(19)6-9(7-21-12)16(26)27/h3-8H,1-2H3,(H,22,28)(H,26,27)/t8-/m1/s1. The zero-order chi connectivity index (χ0) is 21.1. The second-order valence-electron chi connectivity index (χ2n) is 5.83. The molecule has 150 valence electrons. The minimum Gasteiger partial charge on any atom is -0.478 e. The van der Waals surface area contributed by atoms with Gasteiger partial charge in [-0.15, -0.1) is 5.10 Å². The fraction of sp³-hybridized carbons (Fsp3) is 0.176. The minimum absolute atomic E-state index is 0.00830. The molecule has 0 spiro atoms. The van der Waals surface area contributed by atoms with Gasteiger partial charge in [0.05, 0.1) is 5.56 Å². The predicted molar refractivity (Wildman–Crippen MR) is 98.9 cm³/mol. The largest absolute Gasteiger partial charge is 0.478 e. The highest BCUT2D eigenvalue weighted by Gasteiger charge is 2.23. The van der Waals surface area contributed by atoms with Crippen LogP contribution >= 0.6 is 11.6 Å². The van der Waals surface area contributed by atoms with Gasteiger partial charge in [0.15, 0.2) is 17.3 Å². The molecule has 0 aliphatic carbocycles. The van der Waals surface area contributed by atoms with E-state index in [0.717, 1.165) is 12.3 Å². The van der Waals surface area contributed by atoms with Crippen molar-refractivity contribution in [1.29, 1.82) is 0 Å². The van der Waals surface area contributed by atoms with E-state index in [4.69, 9.17) is 21.4 Å². The van der Waals surface area contributed by atoms with E-state index in [0.29, 0.717) is 5.56 Å². The van der Waals surface area contributed by atoms with Crippen molar-refractivity contribution in [2.45, 2.75) is 13.0 Å². The summed E-state index contributed by atoms with van der Waals surface area (Å²) in [7, 11) is 1.47. The van der Waals surface area contributed by atoms with Crippen molar-refractivity contribution >= 4 is 29.5 Å². The Morgan fingerprint density at radius 3 is 2.76 bits per heavy atom. The Balaban J connectivity index is 1.82. The summed E-state index contributed by atoms with van der Waals surface area (Å²) in [5.74, 6) is -2.25. The first kappa shape index (κ1) is 20.1. The van der Waals surface area contributed by atoms with Crippen LogP contribution in [0.4, 0.5) is 15.0 Å². The maximum Gasteiger partial charge on any atom is 0.413 e. The Kier molecular flexibility index (Phi) is 5.69. The lowest BCUT2D eigenvalue weighted by Crippen LogP contribution is -2.18. The second kappa shape index (κ2) is 8.19. The lowest BCUT2D eigenvalue weighted by Gasteiger charge is -2.15. The summed E-state index contributed by atoms with van der Waals surface area (Å²) in [6.45, 7) is 1.61. The van der Waals surface area contributed by atoms with Crippen molar-refractivity contribution in [3.8, 4) is 11.4 Å². The third kappa shape index (κ3) is 4.29. The van der Waals surface area contributed by atoms with Crippen LogP contribution in [0.2, 0.25) is 5.15 Å². The molecule has 3 heterocycles. The van der Waals surface area contributed by atoms with E-state index in [1.807, 2.05) is 0 Å². The number of amides is 1. The minimum atomic E-state index is -1.33. The molecular formula is C17H14ClFN6O4. The molecule has 2 N–H and O–H groups in total. The molecule has 0 saturated carbocycles. The Morgan fingerprint density at radius 1 is 1.34 bits per heavy atom. The van der Waals surface area contributed by atoms with Gasteiger partial charge >= 0.3 is 12.1 Å². The summed E-state index contributed by atoms with van der Waals surface area (Å²) >= 11 is 5.99. The lowest BCUT2D eigenvalue weighted by atomic mass is 10.2. The number of nitrogens with one attached hydrogen (secondary N) is 1. The van der Waals surface area contributed by atoms with Crippen LogP contribution in [0.15, 0.2) is 30.6 Å². The Morgan fingerprint density at radius 2 is 2.10 bits per heavy atom. The number of halogens is 2. The van der Waals surface area contributed by atoms with Gasteiger partial charge in [-0.3, -0.25) is 10.3 Å². The molecule has 12 heteroatoms. The molecule has 0 aromatic carbocycles. The molecule has 10 nitrogen and oxygen atoms in total. The van der Waals surface area contributed by atoms with E-state index in [1.54, 1.807) is 19.1 Å². The molecule has 3 aromatic heterocycles. The Labute approximate surface area is 168 Å². The third-order valence-corrected chi connectivity index (χ3v) is 4.19. The smallest absolute Gasteiger partial charge is 0.413 e. The summed E-state index contributed by atoms with van der Waals surface area (Å²) < 4.78 is 20.8. The maximum atomic E-state index is 14.3. The SMILES string of the molecule is C[C@@H](OC(=O)Nc1c(-c2ncc(C(=O)O)cc2F)nnn1C)c1cccnc1Cl. The average Bonchev–Trinajstić information content (AvgIpc) is 3.02. The van der Waals surface area contributed by atoms with E-state index in [1.165, 1.54) is 17.9 Å². The first-order valence-electron chi connectivity index (χ1n) is 8.15. The van der Waals surface area contributed by atoms with Crippen LogP contribution in [0.5, 0.6) is 0 Å². The van der Waals surface area contributed by atoms with E-state index < -0.39 is 24.0 Å². The summed E-state index contributed by atoms with van der Waals surface area (Å²) in [6.07, 6.45) is 0.894. The Bertz CT molecular complexity index is 1090. The highest BCUT2D eigenvalue weighted by atomic mass is 35.5. The average molecular weight is 421 g/mol. The Hall–Kier alpha value is -3.60. The number of carbonyl (C=O) groups excluding carboxylic acids is 1. The van der Waals surface area contributed by atoms with E-state index in [9.17, 15) is 14.0 Å². The fourth-order valence-corrected chi connectivity index (χ4v) is 2.71. The fourth-order valence-electron chi connectivity index (χ4n) is 2.44. The number of aromatic carboxylic acids is 1. The van der Waals surface area contributed by atoms with E-state index in [-0.39, 0.29) is 27.9 Å². The molecule has 0 aliphatic rings. The van der Waals surface area contributed by atoms with Crippen molar-refractivity contribution in [2.24, 2.45) is 7.05 Å². The number of aryl methyl sites for hydroxylation is 1. The van der Waals surface area contributed by atoms with Crippen molar-refractivity contribution < 1.29 is 23.8 Å². The van der Waals surface area contributed by atoms with Crippen molar-refractivity contribution in [1.82, 2.24) is 25.0 Å². The number of pyridine rings is 2. The summed E-state index contributed by atoms with van der Waals surface area (Å²) in [4.78, 5) is 30.9. The quantitative estimate of drug-likeness (QED) is 0.602. The lowest BCUT2D eigenvalue weighted by molar-refractivity contribution is 0.0695. The number of hydrogen-bond acceptors (Lipinski definition) is 7. The first-order chi connectivity index (χ1) is 13.8. The van der Waals surface area contributed by atoms with Gasteiger partial charge in [0.25, 0.3) is 0 Å². The monoisotopic (exact) mass is 420 g/mol. The summed E-state index contributed by atoms with van der Waals surface area (Å²) in [5, 5.41) is 19.1. The molecule has 0 aliphatic heterocycles. The van der Waals surface area contributed by atoms with Crippen LogP contribution in [0.3, 0.4) is 0 Å². The van der Waals surface area contributed by atoms with Crippen LogP contribution in [0, 0.1) is 5.82 Å². The molecule has 0 fully saturated rings. The van der Waals surface area contributed by atoms with Crippen molar-refractivity contribution in [2.75, 3.05) is 5.32 Å². The number of nitrogens with zero attached hydrogens (tertiary/aromatic N) is 5. The molecule has 0 radical (unpaired) electrons. The topological polar surface area (TPSA) is 132 Å². The molecule has 29 heavy (non-hydrogen) atoms. The molecule has 1 amide bonds. The van der Waals surface area contributed by atoms with Gasteiger partial charge in [0, 0.05) is 25.0 Å². The number of carboxylic acids is 1. The molecule has 1 atom stereocenters. The summed E-state index contributed by atoms with van der Waals surface area (Å²) in [5.41, 5.74) is -0.191. The molecule has 0 bridgehead atoms. The number of ether oxygens (including phenoxy) is 1. The molecule has 0 saturated heterocycles. The number of rotatable bonds is 5. The van der Waals surface area contributed by atoms with Gasteiger partial charge < -0.3 is 9.84 Å². The number of carboxylic acid groups (broad SMARTS) is 1. The van der Waals surface area contributed by atoms with E-state index in [2.05, 4.69) is 25.6 Å². The summed E-state index contributed by atoms with van der Waals surface area (Å²) in [6, 6.07) is 4.11. The highest BCUT2D eigenvalue weighted by Crippen LogP contribution is 2.27. The zero-order valence-electron chi connectivity index (χ0n) is 15.1. The number of hydrogen-bond donors (Lipinski definition) is 2. The van der Waals surface area contributed by atoms with Crippen LogP contribution in [0.25, 0.3) is 11.4 Å². The normalized spacial score (nSPS) is 11.7. The molecule has 0 unspecified atom stereocenters. The van der Waals surface area contributed by atoms with Gasteiger partial charge in [-0.2, -0.15) is 0 Å². The third-order valence-electron chi connectivity index (χ3n) is 3.87. The number of aromatic nitrogens is 5. The second-order valence-corrected chi connectivity index (χ2v) is 6.18. The first-order valence-corrected chi connectivity index (χ1v) is 8.52. The van der Waals surface area contributed by atoms with Gasteiger partial charge in [0.1, 0.15) is 17.0 Å². The number of carbonyl (C=O) groups is 2. The van der Waals surface area contributed by atoms with Crippen LogP contribution in [-0.4, -0.2) is 42.1 Å². The molecule has 3 aromatic rings. The predicted octanol–water partition coefficient (Wildman–Crippen LogP) is 3.07. The van der Waals surface area contributed by atoms with Gasteiger partial charge in [-0.25, -0.2) is 23.6 Å². The van der Waals surface area contributed by atoms with Gasteiger partial charge in [-0.1, -0.05) is 22.9 Å². The van der Waals surface area contributed by atoms with Crippen LogP contribution < -0.4 is 5.32 Å². The van der Waals surface area contributed by atoms with Gasteiger partial charge in [0.2, 0.25) is 0 Å². The zero-order valence-corrected chi connectivity index (χ0v) is 15.9. The number of anilines is 1. The van der Waals surface area contributed by atoms with E-state index >= 15 is 0 Å². The molecular weight excluding hydrogens is 407 g/mol. The van der Waals surface area contributed by atoms with Crippen molar-refractivity contribution in [3.63, 3.8) is 0 Å². The van der Waals surface area contributed by atoms with Crippen molar-refractivity contribution in [3.05, 3.63) is 52.7 Å². The van der Waals surface area contributed by atoms with Gasteiger partial charge in [-0.05, 0) is 19.1 Å². The maximum absolute atomic E-state index is 14.3. The molecule has 3 rings (SSSR count). The van der Waals surface area contributed by atoms with Crippen LogP contribution in [-0.2, 0) is 11.8 Å². The van der Waals surface area contributed by atoms with Crippen LogP contribution in [0.1, 0.15) is 28.9 Å².